The van der Waals surface area contributed by atoms with Gasteiger partial charge in [0.05, 0.1) is 19.1 Å². The lowest BCUT2D eigenvalue weighted by Crippen LogP contribution is -2.19. The molecule has 148 valence electrons. The molecule has 5 nitrogen and oxygen atoms in total. The molecule has 0 aromatic rings. The van der Waals surface area contributed by atoms with Crippen molar-refractivity contribution in [1.29, 1.82) is 0 Å². The van der Waals surface area contributed by atoms with Gasteiger partial charge in [-0.05, 0) is 25.7 Å². The van der Waals surface area contributed by atoms with Crippen LogP contribution in [0.4, 0.5) is 0 Å². The van der Waals surface area contributed by atoms with E-state index in [1.165, 1.54) is 7.11 Å². The van der Waals surface area contributed by atoms with Crippen LogP contribution in [-0.4, -0.2) is 41.3 Å². The van der Waals surface area contributed by atoms with Gasteiger partial charge >= 0.3 is 5.97 Å². The number of esters is 1. The summed E-state index contributed by atoms with van der Waals surface area (Å²) in [6, 6.07) is 0. The molecular formula is C21H34O5. The number of methoxy groups -OCH3 is 1. The van der Waals surface area contributed by atoms with Crippen LogP contribution in [0.2, 0.25) is 0 Å². The Labute approximate surface area is 157 Å². The molecule has 0 heterocycles. The summed E-state index contributed by atoms with van der Waals surface area (Å²) in [4.78, 5) is 23.2. The molecule has 0 bridgehead atoms. The maximum absolute atomic E-state index is 12.1. The highest BCUT2D eigenvalue weighted by Gasteiger charge is 2.40. The maximum Gasteiger partial charge on any atom is 0.305 e. The van der Waals surface area contributed by atoms with Crippen LogP contribution < -0.4 is 0 Å². The topological polar surface area (TPSA) is 83.8 Å². The van der Waals surface area contributed by atoms with Crippen molar-refractivity contribution in [2.45, 2.75) is 89.8 Å². The van der Waals surface area contributed by atoms with Crippen LogP contribution in [0.25, 0.3) is 0 Å². The van der Waals surface area contributed by atoms with Gasteiger partial charge in [0.25, 0.3) is 0 Å². The van der Waals surface area contributed by atoms with Crippen LogP contribution in [-0.2, 0) is 14.3 Å². The highest BCUT2D eigenvalue weighted by molar-refractivity contribution is 5.84. The Morgan fingerprint density at radius 1 is 1.23 bits per heavy atom. The first-order valence-electron chi connectivity index (χ1n) is 9.96. The molecule has 2 N–H and O–H groups in total. The van der Waals surface area contributed by atoms with E-state index in [1.54, 1.807) is 0 Å². The molecule has 0 spiro atoms. The first-order chi connectivity index (χ1) is 12.5. The van der Waals surface area contributed by atoms with E-state index in [1.807, 2.05) is 0 Å². The number of rotatable bonds is 11. The van der Waals surface area contributed by atoms with E-state index in [0.29, 0.717) is 19.3 Å². The number of hydrogen-bond acceptors (Lipinski definition) is 5. The van der Waals surface area contributed by atoms with Gasteiger partial charge in [-0.1, -0.05) is 50.9 Å². The van der Waals surface area contributed by atoms with E-state index < -0.39 is 12.2 Å². The van der Waals surface area contributed by atoms with Crippen molar-refractivity contribution in [3.8, 4) is 11.8 Å². The minimum absolute atomic E-state index is 0.0758. The zero-order valence-electron chi connectivity index (χ0n) is 16.2. The Kier molecular flexibility index (Phi) is 11.2. The summed E-state index contributed by atoms with van der Waals surface area (Å²) >= 11 is 0. The van der Waals surface area contributed by atoms with Crippen molar-refractivity contribution in [1.82, 2.24) is 0 Å². The smallest absolute Gasteiger partial charge is 0.305 e. The minimum Gasteiger partial charge on any atom is -0.469 e. The molecule has 0 amide bonds. The van der Waals surface area contributed by atoms with Crippen molar-refractivity contribution >= 4 is 11.8 Å². The second-order valence-electron chi connectivity index (χ2n) is 7.20. The number of aliphatic hydroxyl groups excluding tert-OH is 2. The molecule has 1 rings (SSSR count). The van der Waals surface area contributed by atoms with Gasteiger partial charge in [0.2, 0.25) is 0 Å². The number of Topliss-reactive ketones (excluding diaryl/α,β-unsaturated/α-hetero) is 1. The van der Waals surface area contributed by atoms with Crippen LogP contribution in [0.1, 0.15) is 77.6 Å². The Hall–Kier alpha value is -1.38. The molecule has 1 aliphatic rings. The molecular weight excluding hydrogens is 332 g/mol. The number of ether oxygens (including phenoxy) is 1. The first-order valence-corrected chi connectivity index (χ1v) is 9.96. The molecule has 26 heavy (non-hydrogen) atoms. The molecule has 0 unspecified atom stereocenters. The summed E-state index contributed by atoms with van der Waals surface area (Å²) in [7, 11) is 1.39. The summed E-state index contributed by atoms with van der Waals surface area (Å²) in [6.07, 6.45) is 7.18. The first kappa shape index (κ1) is 22.7. The lowest BCUT2D eigenvalue weighted by Gasteiger charge is -2.15. The zero-order chi connectivity index (χ0) is 19.4. The number of aliphatic hydroxyl groups is 2. The van der Waals surface area contributed by atoms with Gasteiger partial charge in [-0.2, -0.15) is 0 Å². The van der Waals surface area contributed by atoms with Crippen LogP contribution in [0.15, 0.2) is 0 Å². The summed E-state index contributed by atoms with van der Waals surface area (Å²) in [5.41, 5.74) is 0. The van der Waals surface area contributed by atoms with E-state index in [4.69, 9.17) is 0 Å². The number of unbranched alkanes of at least 4 members (excludes halogenated alkanes) is 5. The monoisotopic (exact) mass is 366 g/mol. The number of carbonyl (C=O) groups excluding carboxylic acids is 2. The second-order valence-corrected chi connectivity index (χ2v) is 7.20. The Morgan fingerprint density at radius 3 is 2.65 bits per heavy atom. The van der Waals surface area contributed by atoms with Crippen molar-refractivity contribution in [3.63, 3.8) is 0 Å². The van der Waals surface area contributed by atoms with Gasteiger partial charge in [0.1, 0.15) is 11.9 Å². The molecule has 1 saturated carbocycles. The highest BCUT2D eigenvalue weighted by Crippen LogP contribution is 2.33. The normalized spacial score (nSPS) is 23.4. The Bertz CT molecular complexity index is 490. The van der Waals surface area contributed by atoms with Gasteiger partial charge in [-0.25, -0.2) is 0 Å². The summed E-state index contributed by atoms with van der Waals surface area (Å²) in [5.74, 6) is 5.11. The number of carbonyl (C=O) groups is 2. The lowest BCUT2D eigenvalue weighted by atomic mass is 9.89. The third-order valence-electron chi connectivity index (χ3n) is 5.04. The fraction of sp³-hybridized carbons (Fsp3) is 0.810. The minimum atomic E-state index is -0.720. The Morgan fingerprint density at radius 2 is 1.96 bits per heavy atom. The van der Waals surface area contributed by atoms with Gasteiger partial charge in [0, 0.05) is 18.8 Å². The van der Waals surface area contributed by atoms with E-state index in [0.717, 1.165) is 44.9 Å². The molecule has 5 heteroatoms. The summed E-state index contributed by atoms with van der Waals surface area (Å²) < 4.78 is 4.61. The molecule has 1 fully saturated rings. The van der Waals surface area contributed by atoms with Gasteiger partial charge in [0.15, 0.2) is 0 Å². The Balaban J connectivity index is 2.40. The van der Waals surface area contributed by atoms with E-state index in [9.17, 15) is 19.8 Å². The van der Waals surface area contributed by atoms with E-state index in [-0.39, 0.29) is 30.0 Å². The molecule has 0 aromatic heterocycles. The van der Waals surface area contributed by atoms with Crippen LogP contribution in [0, 0.1) is 23.7 Å². The van der Waals surface area contributed by atoms with Crippen molar-refractivity contribution in [3.05, 3.63) is 0 Å². The second kappa shape index (κ2) is 12.9. The predicted octanol–water partition coefficient (Wildman–Crippen LogP) is 3.01. The predicted molar refractivity (Wildman–Crippen MR) is 100 cm³/mol. The van der Waals surface area contributed by atoms with Crippen molar-refractivity contribution in [2.75, 3.05) is 7.11 Å². The van der Waals surface area contributed by atoms with Crippen LogP contribution in [0.3, 0.4) is 0 Å². The quantitative estimate of drug-likeness (QED) is 0.334. The van der Waals surface area contributed by atoms with Gasteiger partial charge in [-0.15, -0.1) is 0 Å². The summed E-state index contributed by atoms with van der Waals surface area (Å²) in [6.45, 7) is 2.11. The molecule has 4 atom stereocenters. The van der Waals surface area contributed by atoms with Crippen LogP contribution in [0.5, 0.6) is 0 Å². The standard InChI is InChI=1S/C21H34O5/c1-3-4-7-10-16(22)13-14-18-17(19(23)15-20(18)24)11-8-5-6-9-12-21(25)26-2/h16-18,20,22,24H,3-12,15H2,1-2H3/t16-,17+,18-,20-/m1/s1. The lowest BCUT2D eigenvalue weighted by molar-refractivity contribution is -0.140. The molecule has 1 aliphatic carbocycles. The fourth-order valence-electron chi connectivity index (χ4n) is 3.43. The molecule has 0 aromatic carbocycles. The number of hydrogen-bond donors (Lipinski definition) is 2. The van der Waals surface area contributed by atoms with E-state index in [2.05, 4.69) is 23.5 Å². The molecule has 0 aliphatic heterocycles. The SMILES string of the molecule is CCCCC[C@@H](O)C#C[C@H]1[C@H](O)CC(=O)[C@H]1CCCCCCC(=O)OC. The van der Waals surface area contributed by atoms with Crippen molar-refractivity contribution in [2.24, 2.45) is 11.8 Å². The third-order valence-corrected chi connectivity index (χ3v) is 5.04. The molecule has 0 radical (unpaired) electrons. The highest BCUT2D eigenvalue weighted by atomic mass is 16.5. The van der Waals surface area contributed by atoms with Gasteiger partial charge in [-0.3, -0.25) is 9.59 Å². The van der Waals surface area contributed by atoms with Crippen LogP contribution >= 0.6 is 0 Å². The maximum atomic E-state index is 12.1. The third kappa shape index (κ3) is 8.33. The average Bonchev–Trinajstić information content (AvgIpc) is 2.89. The zero-order valence-corrected chi connectivity index (χ0v) is 16.2. The number of ketones is 1. The summed E-state index contributed by atoms with van der Waals surface area (Å²) in [5, 5.41) is 20.1. The fourth-order valence-corrected chi connectivity index (χ4v) is 3.43. The van der Waals surface area contributed by atoms with Gasteiger partial charge < -0.3 is 14.9 Å². The van der Waals surface area contributed by atoms with Crippen molar-refractivity contribution < 1.29 is 24.5 Å². The van der Waals surface area contributed by atoms with E-state index >= 15 is 0 Å². The largest absolute Gasteiger partial charge is 0.469 e. The molecule has 0 saturated heterocycles. The average molecular weight is 366 g/mol.